The van der Waals surface area contributed by atoms with E-state index >= 15 is 0 Å². The number of allylic oxidation sites excluding steroid dienone is 1. The summed E-state index contributed by atoms with van der Waals surface area (Å²) in [6.07, 6.45) is 6.14. The zero-order chi connectivity index (χ0) is 38.6. The molecular weight excluding hydrogens is 653 g/mol. The van der Waals surface area contributed by atoms with Crippen LogP contribution in [0.1, 0.15) is 133 Å². The summed E-state index contributed by atoms with van der Waals surface area (Å²) in [5.41, 5.74) is -1.65. The summed E-state index contributed by atoms with van der Waals surface area (Å²) in [7, 11) is -0.805. The van der Waals surface area contributed by atoms with Crippen molar-refractivity contribution in [1.29, 1.82) is 0 Å². The lowest BCUT2D eigenvalue weighted by Gasteiger charge is -2.32. The van der Waals surface area contributed by atoms with Gasteiger partial charge >= 0.3 is 25.4 Å². The number of aromatic nitrogens is 1. The van der Waals surface area contributed by atoms with E-state index in [4.69, 9.17) is 33.2 Å². The van der Waals surface area contributed by atoms with Crippen molar-refractivity contribution in [2.75, 3.05) is 24.6 Å². The number of pyridine rings is 1. The van der Waals surface area contributed by atoms with Gasteiger partial charge in [0.25, 0.3) is 0 Å². The van der Waals surface area contributed by atoms with Gasteiger partial charge in [0.05, 0.1) is 23.9 Å². The summed E-state index contributed by atoms with van der Waals surface area (Å²) in [6, 6.07) is 1.63. The Hall–Kier alpha value is -3.16. The molecule has 13 heteroatoms. The number of carbonyl (C=O) groups excluding carboxylic acids is 3. The number of hydrogen-bond acceptors (Lipinski definition) is 10. The number of rotatable bonds is 8. The van der Waals surface area contributed by atoms with E-state index in [9.17, 15) is 14.4 Å². The molecule has 0 spiro atoms. The predicted molar refractivity (Wildman–Crippen MR) is 199 cm³/mol. The van der Waals surface area contributed by atoms with Crippen LogP contribution in [0.4, 0.5) is 20.2 Å². The molecule has 12 nitrogen and oxygen atoms in total. The topological polar surface area (TPSA) is 126 Å². The summed E-state index contributed by atoms with van der Waals surface area (Å²) in [4.78, 5) is 46.9. The maximum Gasteiger partial charge on any atom is 0.495 e. The van der Waals surface area contributed by atoms with Gasteiger partial charge in [0.15, 0.2) is 0 Å². The van der Waals surface area contributed by atoms with E-state index in [1.54, 1.807) is 52.5 Å². The zero-order valence-electron chi connectivity index (χ0n) is 33.6. The van der Waals surface area contributed by atoms with E-state index in [2.05, 4.69) is 0 Å². The Bertz CT molecular complexity index is 1380. The van der Waals surface area contributed by atoms with Gasteiger partial charge in [-0.1, -0.05) is 12.2 Å². The van der Waals surface area contributed by atoms with Crippen molar-refractivity contribution in [3.05, 3.63) is 23.4 Å². The number of carbonyl (C=O) groups is 3. The Kier molecular flexibility index (Phi) is 13.5. The summed E-state index contributed by atoms with van der Waals surface area (Å²) in [6.45, 7) is 27.3. The summed E-state index contributed by atoms with van der Waals surface area (Å²) < 4.78 is 35.9. The van der Waals surface area contributed by atoms with Crippen LogP contribution >= 0.6 is 0 Å². The Balaban J connectivity index is 1.84. The molecule has 3 heterocycles. The second-order valence-electron chi connectivity index (χ2n) is 17.4. The van der Waals surface area contributed by atoms with Gasteiger partial charge in [-0.15, -0.1) is 0 Å². The molecule has 1 aromatic heterocycles. The minimum Gasteiger partial charge on any atom is -0.444 e. The number of amides is 3. The predicted octanol–water partition coefficient (Wildman–Crippen LogP) is 7.97. The lowest BCUT2D eigenvalue weighted by Crippen LogP contribution is -2.45. The summed E-state index contributed by atoms with van der Waals surface area (Å²) in [5.74, 6) is 0.0371. The van der Waals surface area contributed by atoms with Crippen molar-refractivity contribution in [3.63, 3.8) is 0 Å². The molecule has 1 atom stereocenters. The molecule has 0 radical (unpaired) electrons. The van der Waals surface area contributed by atoms with Crippen LogP contribution in [0.15, 0.2) is 12.1 Å². The molecule has 2 fully saturated rings. The fourth-order valence-electron chi connectivity index (χ4n) is 5.45. The third-order valence-corrected chi connectivity index (χ3v) is 8.59. The number of nitrogens with zero attached hydrogens (tertiary/aromatic N) is 3. The van der Waals surface area contributed by atoms with E-state index in [0.29, 0.717) is 37.3 Å². The molecule has 0 saturated carbocycles. The van der Waals surface area contributed by atoms with Gasteiger partial charge in [-0.25, -0.2) is 19.4 Å². The molecule has 3 amide bonds. The highest BCUT2D eigenvalue weighted by atomic mass is 16.7. The molecule has 2 aliphatic heterocycles. The second kappa shape index (κ2) is 16.2. The van der Waals surface area contributed by atoms with Crippen molar-refractivity contribution in [3.8, 4) is 0 Å². The maximum absolute atomic E-state index is 13.5. The van der Waals surface area contributed by atoms with Gasteiger partial charge in [0.2, 0.25) is 0 Å². The quantitative estimate of drug-likeness (QED) is 0.149. The largest absolute Gasteiger partial charge is 0.495 e. The van der Waals surface area contributed by atoms with Crippen molar-refractivity contribution in [2.24, 2.45) is 0 Å². The molecule has 1 aromatic rings. The first-order chi connectivity index (χ1) is 23.3. The van der Waals surface area contributed by atoms with Gasteiger partial charge in [-0.3, -0.25) is 0 Å². The first-order valence-corrected chi connectivity index (χ1v) is 18.2. The van der Waals surface area contributed by atoms with Crippen LogP contribution in [0.2, 0.25) is 0 Å². The zero-order valence-corrected chi connectivity index (χ0v) is 33.6. The monoisotopic (exact) mass is 715 g/mol. The molecule has 2 aliphatic rings. The van der Waals surface area contributed by atoms with Crippen molar-refractivity contribution >= 4 is 42.8 Å². The first kappa shape index (κ1) is 42.3. The normalized spacial score (nSPS) is 19.5. The van der Waals surface area contributed by atoms with Crippen LogP contribution in [0.25, 0.3) is 6.08 Å². The smallest absolute Gasteiger partial charge is 0.444 e. The van der Waals surface area contributed by atoms with E-state index in [1.807, 2.05) is 67.5 Å². The minimum absolute atomic E-state index is 0.0371. The molecular formula is C38H62BN3O9. The molecule has 1 unspecified atom stereocenters. The summed E-state index contributed by atoms with van der Waals surface area (Å²) in [5, 5.41) is 0. The number of likely N-dealkylation sites (tertiary alicyclic amines) is 1. The molecule has 2 saturated heterocycles. The van der Waals surface area contributed by atoms with Crippen LogP contribution in [0, 0.1) is 6.92 Å². The average Bonchev–Trinajstić information content (AvgIpc) is 3.06. The standard InChI is InChI=1S/C38H62BN3O9/c1-26-28(21-16-15-19-23-46-27-20-17-18-22-41(25-27)31(43)47-34(2,3)4)29(39-50-37(11,12)38(13,14)51-39)24-30(40-26)42(32(44)48-35(5,6)7)33(45)49-36(8,9)10/h16,21,24,27H,15,17-20,22-23,25H2,1-14H3/b21-16+. The van der Waals surface area contributed by atoms with Gasteiger partial charge in [-0.05, 0) is 146 Å². The number of hydrogen-bond donors (Lipinski definition) is 0. The van der Waals surface area contributed by atoms with Gasteiger partial charge < -0.3 is 33.2 Å². The van der Waals surface area contributed by atoms with E-state index in [0.717, 1.165) is 36.1 Å². The van der Waals surface area contributed by atoms with E-state index < -0.39 is 47.3 Å². The van der Waals surface area contributed by atoms with Crippen LogP contribution < -0.4 is 10.4 Å². The second-order valence-corrected chi connectivity index (χ2v) is 17.4. The van der Waals surface area contributed by atoms with Crippen molar-refractivity contribution in [1.82, 2.24) is 9.88 Å². The lowest BCUT2D eigenvalue weighted by atomic mass is 9.75. The van der Waals surface area contributed by atoms with Crippen molar-refractivity contribution in [2.45, 2.75) is 163 Å². The highest BCUT2D eigenvalue weighted by molar-refractivity contribution is 6.63. The molecule has 0 aliphatic carbocycles. The molecule has 286 valence electrons. The van der Waals surface area contributed by atoms with Gasteiger partial charge in [-0.2, -0.15) is 4.90 Å². The molecule has 51 heavy (non-hydrogen) atoms. The third kappa shape index (κ3) is 12.5. The first-order valence-electron chi connectivity index (χ1n) is 18.2. The fraction of sp³-hybridized carbons (Fsp3) is 0.737. The van der Waals surface area contributed by atoms with Crippen LogP contribution in [-0.4, -0.2) is 89.1 Å². The van der Waals surface area contributed by atoms with Crippen LogP contribution in [-0.2, 0) is 28.3 Å². The van der Waals surface area contributed by atoms with E-state index in [-0.39, 0.29) is 18.0 Å². The number of aryl methyl sites for hydroxylation is 1. The Morgan fingerprint density at radius 3 is 2.00 bits per heavy atom. The molecule has 0 N–H and O–H groups in total. The SMILES string of the molecule is Cc1nc(N(C(=O)OC(C)(C)C)C(=O)OC(C)(C)C)cc(B2OC(C)(C)C(C)(C)O2)c1/C=C/CCCOC1CCCCN(C(=O)OC(C)(C)C)C1. The lowest BCUT2D eigenvalue weighted by molar-refractivity contribution is 0.000830. The maximum atomic E-state index is 13.5. The van der Waals surface area contributed by atoms with Crippen LogP contribution in [0.3, 0.4) is 0 Å². The number of anilines is 1. The highest BCUT2D eigenvalue weighted by Crippen LogP contribution is 2.37. The van der Waals surface area contributed by atoms with Gasteiger partial charge in [0, 0.05) is 18.8 Å². The number of imide groups is 1. The highest BCUT2D eigenvalue weighted by Gasteiger charge is 2.52. The number of unbranched alkanes of at least 4 members (excludes halogenated alkanes) is 1. The fourth-order valence-corrected chi connectivity index (χ4v) is 5.45. The van der Waals surface area contributed by atoms with Gasteiger partial charge in [0.1, 0.15) is 22.6 Å². The average molecular weight is 716 g/mol. The Morgan fingerprint density at radius 1 is 0.922 bits per heavy atom. The molecule has 3 rings (SSSR count). The van der Waals surface area contributed by atoms with Crippen LogP contribution in [0.5, 0.6) is 0 Å². The molecule has 0 aromatic carbocycles. The van der Waals surface area contributed by atoms with Crippen molar-refractivity contribution < 1.29 is 42.6 Å². The minimum atomic E-state index is -0.908. The Labute approximate surface area is 306 Å². The number of ether oxygens (including phenoxy) is 4. The summed E-state index contributed by atoms with van der Waals surface area (Å²) >= 11 is 0. The van der Waals surface area contributed by atoms with E-state index in [1.165, 1.54) is 0 Å². The molecule has 0 bridgehead atoms. The third-order valence-electron chi connectivity index (χ3n) is 8.59. The Morgan fingerprint density at radius 2 is 1.47 bits per heavy atom.